The molecule has 1 saturated heterocycles. The largest absolute Gasteiger partial charge is 0.481 e. The minimum absolute atomic E-state index is 0.0959. The van der Waals surface area contributed by atoms with Crippen molar-refractivity contribution in [3.05, 3.63) is 30.1 Å². The molecule has 1 aromatic heterocycles. The molecule has 0 spiro atoms. The van der Waals surface area contributed by atoms with Gasteiger partial charge in [-0.25, -0.2) is 4.79 Å². The lowest BCUT2D eigenvalue weighted by Gasteiger charge is -2.27. The number of carbonyl (C=O) groups is 3. The van der Waals surface area contributed by atoms with Crippen LogP contribution in [0, 0.1) is 0 Å². The Morgan fingerprint density at radius 2 is 1.88 bits per heavy atom. The number of oxime groups is 1. The van der Waals surface area contributed by atoms with Gasteiger partial charge in [0.05, 0.1) is 12.0 Å². The minimum Gasteiger partial charge on any atom is -0.481 e. The molecule has 0 aliphatic carbocycles. The van der Waals surface area contributed by atoms with Gasteiger partial charge in [-0.15, -0.1) is 0 Å². The summed E-state index contributed by atoms with van der Waals surface area (Å²) in [5.74, 6) is -3.75. The number of Topliss-reactive ketones (excluding diaryl/α,β-unsaturated/α-hetero) is 1. The molecule has 0 aromatic carbocycles. The number of likely N-dealkylation sites (tertiary alicyclic amines) is 1. The minimum atomic E-state index is -2.49. The fraction of sp³-hybridized carbons (Fsp3) is 0.571. The fourth-order valence-corrected chi connectivity index (χ4v) is 3.35. The number of β-amino-alcohol motifs (C(OH)–C–C–N with tert-alkyl or cyclic N) is 1. The van der Waals surface area contributed by atoms with Crippen molar-refractivity contribution in [3.8, 4) is 0 Å². The van der Waals surface area contributed by atoms with Crippen LogP contribution in [0.25, 0.3) is 0 Å². The van der Waals surface area contributed by atoms with E-state index in [2.05, 4.69) is 10.1 Å². The van der Waals surface area contributed by atoms with Crippen LogP contribution in [0.5, 0.6) is 0 Å². The maximum Gasteiger partial charge on any atom is 0.336 e. The first-order valence-electron chi connectivity index (χ1n) is 10.6. The molecule has 190 valence electrons. The molecule has 0 saturated carbocycles. The number of aliphatic hydroxyl groups is 2. The Hall–Kier alpha value is -2.80. The molecular formula is C21H31ClN3O9+. The molecule has 13 heteroatoms. The number of ketones is 1. The average Bonchev–Trinajstić information content (AvgIpc) is 2.73. The zero-order valence-electron chi connectivity index (χ0n) is 18.8. The standard InChI is InChI=1S/C14H21ClN3O3.C7H10O6/c15-14(12-5-4-8-18(20)9-12)16-21-11-13(19)10-17-6-2-1-3-7-17;1-4(8)2-7(13,6(11)12)3-5(9)10/h4-5,8-9,13,19-20H,1-3,6-7,10-11H2;13H,2-3H2,1H3,(H,9,10)(H,11,12)/q+1;/b16-14-;/t13-;/m1./s1. The third-order valence-electron chi connectivity index (χ3n) is 4.74. The third kappa shape index (κ3) is 11.4. The van der Waals surface area contributed by atoms with Crippen molar-refractivity contribution in [3.63, 3.8) is 0 Å². The van der Waals surface area contributed by atoms with Crippen molar-refractivity contribution in [2.75, 3.05) is 26.2 Å². The highest BCUT2D eigenvalue weighted by Gasteiger charge is 2.39. The van der Waals surface area contributed by atoms with Gasteiger partial charge in [0.25, 0.3) is 0 Å². The summed E-state index contributed by atoms with van der Waals surface area (Å²) in [6.07, 6.45) is 4.26. The van der Waals surface area contributed by atoms with Gasteiger partial charge in [-0.05, 0) is 38.9 Å². The van der Waals surface area contributed by atoms with Crippen molar-refractivity contribution in [2.24, 2.45) is 5.16 Å². The van der Waals surface area contributed by atoms with E-state index in [9.17, 15) is 29.8 Å². The number of aromatic nitrogens is 1. The first-order chi connectivity index (χ1) is 15.9. The lowest BCUT2D eigenvalue weighted by Crippen LogP contribution is -2.42. The molecule has 1 aliphatic heterocycles. The van der Waals surface area contributed by atoms with Gasteiger partial charge in [-0.2, -0.15) is 0 Å². The highest BCUT2D eigenvalue weighted by atomic mass is 35.5. The number of carbonyl (C=O) groups excluding carboxylic acids is 1. The Kier molecular flexibility index (Phi) is 12.4. The second kappa shape index (κ2) is 14.5. The number of pyridine rings is 1. The first kappa shape index (κ1) is 29.2. The third-order valence-corrected chi connectivity index (χ3v) is 5.02. The monoisotopic (exact) mass is 504 g/mol. The molecule has 1 aliphatic rings. The summed E-state index contributed by atoms with van der Waals surface area (Å²) in [7, 11) is 0. The molecule has 0 amide bonds. The van der Waals surface area contributed by atoms with Gasteiger partial charge < -0.3 is 30.2 Å². The highest BCUT2D eigenvalue weighted by molar-refractivity contribution is 6.69. The number of halogens is 1. The van der Waals surface area contributed by atoms with Gasteiger partial charge in [0, 0.05) is 23.8 Å². The summed E-state index contributed by atoms with van der Waals surface area (Å²) in [4.78, 5) is 38.4. The van der Waals surface area contributed by atoms with Gasteiger partial charge in [-0.3, -0.25) is 14.8 Å². The molecule has 2 atom stereocenters. The molecule has 1 unspecified atom stereocenters. The van der Waals surface area contributed by atoms with Gasteiger partial charge in [0.15, 0.2) is 10.8 Å². The summed E-state index contributed by atoms with van der Waals surface area (Å²) in [5.41, 5.74) is -1.95. The molecule has 2 rings (SSSR count). The van der Waals surface area contributed by atoms with Gasteiger partial charge in [0.1, 0.15) is 18.5 Å². The number of rotatable bonds is 11. The fourth-order valence-electron chi connectivity index (χ4n) is 3.19. The van der Waals surface area contributed by atoms with Crippen LogP contribution in [0.1, 0.15) is 44.6 Å². The Balaban J connectivity index is 0.000000385. The Morgan fingerprint density at radius 1 is 1.24 bits per heavy atom. The predicted octanol–water partition coefficient (Wildman–Crippen LogP) is 0.231. The van der Waals surface area contributed by atoms with Crippen molar-refractivity contribution in [1.82, 2.24) is 4.90 Å². The Morgan fingerprint density at radius 3 is 2.41 bits per heavy atom. The zero-order valence-corrected chi connectivity index (χ0v) is 19.6. The predicted molar refractivity (Wildman–Crippen MR) is 119 cm³/mol. The normalized spacial score (nSPS) is 17.0. The van der Waals surface area contributed by atoms with Crippen molar-refractivity contribution < 1.29 is 49.6 Å². The summed E-state index contributed by atoms with van der Waals surface area (Å²) >= 11 is 5.96. The molecule has 1 aromatic rings. The van der Waals surface area contributed by atoms with E-state index in [1.165, 1.54) is 31.7 Å². The first-order valence-corrected chi connectivity index (χ1v) is 10.9. The van der Waals surface area contributed by atoms with E-state index in [1.54, 1.807) is 12.1 Å². The van der Waals surface area contributed by atoms with E-state index >= 15 is 0 Å². The zero-order chi connectivity index (χ0) is 25.7. The molecule has 0 bridgehead atoms. The average molecular weight is 505 g/mol. The number of hydrogen-bond acceptors (Lipinski definition) is 9. The van der Waals surface area contributed by atoms with Gasteiger partial charge in [-0.1, -0.05) is 23.2 Å². The second-order valence-corrected chi connectivity index (χ2v) is 8.31. The molecule has 2 heterocycles. The number of aliphatic carboxylic acids is 2. The molecule has 34 heavy (non-hydrogen) atoms. The van der Waals surface area contributed by atoms with Crippen LogP contribution in [-0.4, -0.2) is 91.4 Å². The lowest BCUT2D eigenvalue weighted by atomic mass is 9.94. The summed E-state index contributed by atoms with van der Waals surface area (Å²) in [5, 5.41) is 49.0. The molecule has 5 N–H and O–H groups in total. The number of hydrogen-bond donors (Lipinski definition) is 5. The maximum absolute atomic E-state index is 10.5. The number of aliphatic hydroxyl groups excluding tert-OH is 1. The van der Waals surface area contributed by atoms with E-state index in [-0.39, 0.29) is 11.8 Å². The molecule has 12 nitrogen and oxygen atoms in total. The van der Waals surface area contributed by atoms with Crippen LogP contribution in [0.3, 0.4) is 0 Å². The van der Waals surface area contributed by atoms with Gasteiger partial charge >= 0.3 is 11.9 Å². The Bertz CT molecular complexity index is 844. The van der Waals surface area contributed by atoms with Gasteiger partial charge in [0.2, 0.25) is 12.4 Å². The van der Waals surface area contributed by atoms with Crippen LogP contribution in [0.2, 0.25) is 0 Å². The van der Waals surface area contributed by atoms with Crippen LogP contribution >= 0.6 is 11.6 Å². The van der Waals surface area contributed by atoms with Crippen LogP contribution in [0.4, 0.5) is 0 Å². The lowest BCUT2D eigenvalue weighted by molar-refractivity contribution is -0.904. The van der Waals surface area contributed by atoms with E-state index in [4.69, 9.17) is 26.7 Å². The number of piperidine rings is 1. The molecular weight excluding hydrogens is 474 g/mol. The number of carboxylic acid groups (broad SMARTS) is 2. The number of nitrogens with zero attached hydrogens (tertiary/aromatic N) is 3. The SMILES string of the molecule is CC(=O)CC(O)(CC(=O)O)C(=O)O.O[C@@H](CO/N=C(\Cl)c1ccc[n+](O)c1)CN1CCCCC1. The Labute approximate surface area is 201 Å². The molecule has 0 radical (unpaired) electrons. The second-order valence-electron chi connectivity index (χ2n) is 7.95. The smallest absolute Gasteiger partial charge is 0.336 e. The van der Waals surface area contributed by atoms with Crippen LogP contribution < -0.4 is 4.73 Å². The summed E-state index contributed by atoms with van der Waals surface area (Å²) < 4.78 is 0.887. The summed E-state index contributed by atoms with van der Waals surface area (Å²) in [6.45, 7) is 3.83. The van der Waals surface area contributed by atoms with Crippen molar-refractivity contribution in [2.45, 2.75) is 50.7 Å². The van der Waals surface area contributed by atoms with E-state index in [0.29, 0.717) is 12.1 Å². The van der Waals surface area contributed by atoms with Crippen LogP contribution in [-0.2, 0) is 19.2 Å². The van der Waals surface area contributed by atoms with E-state index in [1.807, 2.05) is 0 Å². The maximum atomic E-state index is 10.5. The van der Waals surface area contributed by atoms with Crippen LogP contribution in [0.15, 0.2) is 29.7 Å². The summed E-state index contributed by atoms with van der Waals surface area (Å²) in [6, 6.07) is 3.34. The van der Waals surface area contributed by atoms with E-state index < -0.39 is 42.3 Å². The highest BCUT2D eigenvalue weighted by Crippen LogP contribution is 2.16. The quantitative estimate of drug-likeness (QED) is 0.121. The molecule has 1 fully saturated rings. The number of carboxylic acids is 2. The topological polar surface area (TPSA) is 181 Å². The van der Waals surface area contributed by atoms with Crippen molar-refractivity contribution in [1.29, 1.82) is 0 Å². The van der Waals surface area contributed by atoms with E-state index in [0.717, 1.165) is 24.7 Å². The van der Waals surface area contributed by atoms with Crippen molar-refractivity contribution >= 4 is 34.5 Å².